The monoisotopic (exact) mass is 510 g/mol. The molecule has 0 aliphatic carbocycles. The van der Waals surface area contributed by atoms with Gasteiger partial charge in [-0.25, -0.2) is 9.59 Å². The van der Waals surface area contributed by atoms with Crippen molar-refractivity contribution in [3.63, 3.8) is 0 Å². The van der Waals surface area contributed by atoms with E-state index in [-0.39, 0.29) is 24.3 Å². The van der Waals surface area contributed by atoms with E-state index in [1.54, 1.807) is 9.80 Å². The van der Waals surface area contributed by atoms with Gasteiger partial charge in [-0.05, 0) is 46.2 Å². The molecule has 2 aromatic carbocycles. The standard InChI is InChI=1S/C29H38N2O6/c1-28(2,3)37-27(33)31-16-15-30(26(32)35-20-21-10-7-6-8-11-21)19-23(31)14-17-34-24-13-9-12-22-18-29(4,5)36-25(22)24/h6-13,23H,14-20H2,1-5H3/t23-/m1/s1. The number of carbonyl (C=O) groups is 2. The first kappa shape index (κ1) is 26.6. The highest BCUT2D eigenvalue weighted by Crippen LogP contribution is 2.41. The molecule has 2 amide bonds. The van der Waals surface area contributed by atoms with Gasteiger partial charge >= 0.3 is 12.2 Å². The third kappa shape index (κ3) is 7.08. The Bertz CT molecular complexity index is 1100. The van der Waals surface area contributed by atoms with Gasteiger partial charge in [-0.15, -0.1) is 0 Å². The highest BCUT2D eigenvalue weighted by Gasteiger charge is 2.36. The van der Waals surface area contributed by atoms with Gasteiger partial charge in [0, 0.05) is 38.0 Å². The van der Waals surface area contributed by atoms with Crippen LogP contribution in [-0.2, 0) is 22.5 Å². The summed E-state index contributed by atoms with van der Waals surface area (Å²) in [7, 11) is 0. The smallest absolute Gasteiger partial charge is 0.410 e. The summed E-state index contributed by atoms with van der Waals surface area (Å²) in [5.74, 6) is 1.48. The molecule has 1 saturated heterocycles. The number of rotatable bonds is 6. The second kappa shape index (κ2) is 10.9. The van der Waals surface area contributed by atoms with Crippen molar-refractivity contribution < 1.29 is 28.5 Å². The van der Waals surface area contributed by atoms with Crippen molar-refractivity contribution >= 4 is 12.2 Å². The molecular weight excluding hydrogens is 472 g/mol. The number of benzene rings is 2. The quantitative estimate of drug-likeness (QED) is 0.516. The molecule has 0 bridgehead atoms. The van der Waals surface area contributed by atoms with E-state index in [9.17, 15) is 9.59 Å². The molecule has 37 heavy (non-hydrogen) atoms. The molecular formula is C29H38N2O6. The van der Waals surface area contributed by atoms with Gasteiger partial charge in [-0.1, -0.05) is 42.5 Å². The van der Waals surface area contributed by atoms with Gasteiger partial charge in [-0.2, -0.15) is 0 Å². The first-order valence-electron chi connectivity index (χ1n) is 12.9. The first-order chi connectivity index (χ1) is 17.5. The lowest BCUT2D eigenvalue weighted by atomic mass is 10.0. The first-order valence-corrected chi connectivity index (χ1v) is 12.9. The van der Waals surface area contributed by atoms with Crippen LogP contribution >= 0.6 is 0 Å². The maximum Gasteiger partial charge on any atom is 0.410 e. The number of hydrogen-bond acceptors (Lipinski definition) is 6. The zero-order chi connectivity index (χ0) is 26.6. The minimum absolute atomic E-state index is 0.204. The Labute approximate surface area is 219 Å². The SMILES string of the molecule is CC(C)(C)OC(=O)N1CCN(C(=O)OCc2ccccc2)C[C@H]1CCOc1cccc2c1OC(C)(C)C2. The van der Waals surface area contributed by atoms with Crippen LogP contribution in [0.4, 0.5) is 9.59 Å². The summed E-state index contributed by atoms with van der Waals surface area (Å²) >= 11 is 0. The van der Waals surface area contributed by atoms with Gasteiger partial charge in [-0.3, -0.25) is 0 Å². The van der Waals surface area contributed by atoms with Gasteiger partial charge in [0.15, 0.2) is 11.5 Å². The summed E-state index contributed by atoms with van der Waals surface area (Å²) in [5.41, 5.74) is 1.18. The average Bonchev–Trinajstić information content (AvgIpc) is 3.16. The number of fused-ring (bicyclic) bond motifs is 1. The number of amides is 2. The molecule has 1 atom stereocenters. The minimum atomic E-state index is -0.612. The molecule has 0 spiro atoms. The van der Waals surface area contributed by atoms with Crippen molar-refractivity contribution in [1.82, 2.24) is 9.80 Å². The Morgan fingerprint density at radius 1 is 1.03 bits per heavy atom. The summed E-state index contributed by atoms with van der Waals surface area (Å²) in [5, 5.41) is 0. The summed E-state index contributed by atoms with van der Waals surface area (Å²) in [6, 6.07) is 15.2. The Morgan fingerprint density at radius 3 is 2.51 bits per heavy atom. The van der Waals surface area contributed by atoms with E-state index in [0.29, 0.717) is 38.4 Å². The molecule has 2 aliphatic heterocycles. The summed E-state index contributed by atoms with van der Waals surface area (Å²) in [6.45, 7) is 11.3. The van der Waals surface area contributed by atoms with Crippen LogP contribution in [0.2, 0.25) is 0 Å². The number of nitrogens with zero attached hydrogens (tertiary/aromatic N) is 2. The third-order valence-electron chi connectivity index (χ3n) is 6.34. The molecule has 8 heteroatoms. The molecule has 0 saturated carbocycles. The number of para-hydroxylation sites is 1. The van der Waals surface area contributed by atoms with Gasteiger partial charge in [0.2, 0.25) is 0 Å². The fraction of sp³-hybridized carbons (Fsp3) is 0.517. The third-order valence-corrected chi connectivity index (χ3v) is 6.34. The van der Waals surface area contributed by atoms with Crippen LogP contribution in [0.5, 0.6) is 11.5 Å². The zero-order valence-electron chi connectivity index (χ0n) is 22.5. The Morgan fingerprint density at radius 2 is 1.78 bits per heavy atom. The Hall–Kier alpha value is -3.42. The van der Waals surface area contributed by atoms with Crippen LogP contribution in [0.15, 0.2) is 48.5 Å². The van der Waals surface area contributed by atoms with Gasteiger partial charge in [0.25, 0.3) is 0 Å². The number of hydrogen-bond donors (Lipinski definition) is 0. The fourth-order valence-corrected chi connectivity index (χ4v) is 4.65. The van der Waals surface area contributed by atoms with Crippen molar-refractivity contribution in [1.29, 1.82) is 0 Å². The average molecular weight is 511 g/mol. The van der Waals surface area contributed by atoms with Crippen LogP contribution in [0.3, 0.4) is 0 Å². The van der Waals surface area contributed by atoms with Crippen LogP contribution in [-0.4, -0.2) is 65.5 Å². The van der Waals surface area contributed by atoms with Crippen molar-refractivity contribution in [2.75, 3.05) is 26.2 Å². The Kier molecular flexibility index (Phi) is 7.85. The molecule has 0 radical (unpaired) electrons. The summed E-state index contributed by atoms with van der Waals surface area (Å²) < 4.78 is 23.4. The molecule has 0 N–H and O–H groups in total. The maximum atomic E-state index is 13.0. The zero-order valence-corrected chi connectivity index (χ0v) is 22.5. The van der Waals surface area contributed by atoms with Crippen LogP contribution in [0, 0.1) is 0 Å². The van der Waals surface area contributed by atoms with Crippen LogP contribution in [0.25, 0.3) is 0 Å². The highest BCUT2D eigenvalue weighted by molar-refractivity contribution is 5.71. The lowest BCUT2D eigenvalue weighted by molar-refractivity contribution is -0.00623. The number of ether oxygens (including phenoxy) is 4. The van der Waals surface area contributed by atoms with E-state index in [4.69, 9.17) is 18.9 Å². The van der Waals surface area contributed by atoms with E-state index >= 15 is 0 Å². The molecule has 0 unspecified atom stereocenters. The van der Waals surface area contributed by atoms with Crippen LogP contribution in [0.1, 0.15) is 52.2 Å². The van der Waals surface area contributed by atoms with Gasteiger partial charge < -0.3 is 28.7 Å². The molecule has 8 nitrogen and oxygen atoms in total. The second-order valence-corrected chi connectivity index (χ2v) is 11.2. The van der Waals surface area contributed by atoms with Gasteiger partial charge in [0.05, 0.1) is 12.6 Å². The number of carbonyl (C=O) groups excluding carboxylic acids is 2. The van der Waals surface area contributed by atoms with Crippen LogP contribution < -0.4 is 9.47 Å². The summed E-state index contributed by atoms with van der Waals surface area (Å²) in [6.07, 6.45) is 0.569. The topological polar surface area (TPSA) is 77.5 Å². The fourth-order valence-electron chi connectivity index (χ4n) is 4.65. The lowest BCUT2D eigenvalue weighted by Crippen LogP contribution is -2.57. The number of piperazine rings is 1. The second-order valence-electron chi connectivity index (χ2n) is 11.2. The normalized spacial score (nSPS) is 18.6. The van der Waals surface area contributed by atoms with Crippen molar-refractivity contribution in [2.45, 2.75) is 71.3 Å². The van der Waals surface area contributed by atoms with Gasteiger partial charge in [0.1, 0.15) is 17.8 Å². The minimum Gasteiger partial charge on any atom is -0.490 e. The van der Waals surface area contributed by atoms with Crippen molar-refractivity contribution in [3.05, 3.63) is 59.7 Å². The van der Waals surface area contributed by atoms with E-state index in [0.717, 1.165) is 23.3 Å². The molecule has 4 rings (SSSR count). The molecule has 200 valence electrons. The molecule has 2 aliphatic rings. The van der Waals surface area contributed by atoms with E-state index in [2.05, 4.69) is 19.9 Å². The van der Waals surface area contributed by atoms with E-state index < -0.39 is 11.7 Å². The molecule has 2 aromatic rings. The molecule has 2 heterocycles. The molecule has 0 aromatic heterocycles. The largest absolute Gasteiger partial charge is 0.490 e. The lowest BCUT2D eigenvalue weighted by Gasteiger charge is -2.41. The maximum absolute atomic E-state index is 13.0. The van der Waals surface area contributed by atoms with E-state index in [1.165, 1.54) is 0 Å². The van der Waals surface area contributed by atoms with E-state index in [1.807, 2.05) is 63.2 Å². The Balaban J connectivity index is 1.40. The molecule has 1 fully saturated rings. The highest BCUT2D eigenvalue weighted by atomic mass is 16.6. The van der Waals surface area contributed by atoms with Crippen molar-refractivity contribution in [3.8, 4) is 11.5 Å². The predicted octanol–water partition coefficient (Wildman–Crippen LogP) is 5.43. The summed E-state index contributed by atoms with van der Waals surface area (Å²) in [4.78, 5) is 29.2. The van der Waals surface area contributed by atoms with Crippen molar-refractivity contribution in [2.24, 2.45) is 0 Å². The predicted molar refractivity (Wildman–Crippen MR) is 140 cm³/mol.